The fourth-order valence-corrected chi connectivity index (χ4v) is 0.824. The van der Waals surface area contributed by atoms with Crippen LogP contribution in [0.25, 0.3) is 0 Å². The fraction of sp³-hybridized carbons (Fsp3) is 0.125. The van der Waals surface area contributed by atoms with E-state index < -0.39 is 0 Å². The maximum atomic E-state index is 7.64. The van der Waals surface area contributed by atoms with E-state index in [0.29, 0.717) is 5.56 Å². The molecule has 1 rings (SSSR count). The van der Waals surface area contributed by atoms with Crippen molar-refractivity contribution >= 4 is 11.8 Å². The van der Waals surface area contributed by atoms with Crippen LogP contribution >= 0.6 is 0 Å². The van der Waals surface area contributed by atoms with Crippen molar-refractivity contribution in [2.45, 2.75) is 0 Å². The topological polar surface area (TPSA) is 89.9 Å². The van der Waals surface area contributed by atoms with Crippen LogP contribution in [0.15, 0.2) is 24.5 Å². The highest BCUT2D eigenvalue weighted by Crippen LogP contribution is 2.00. The lowest BCUT2D eigenvalue weighted by Gasteiger charge is -2.17. The van der Waals surface area contributed by atoms with E-state index in [1.807, 2.05) is 0 Å². The Bertz CT molecular complexity index is 319. The van der Waals surface area contributed by atoms with Gasteiger partial charge >= 0.3 is 0 Å². The number of rotatable bonds is 1. The highest BCUT2D eigenvalue weighted by molar-refractivity contribution is 6.05. The number of aromatic nitrogens is 1. The van der Waals surface area contributed by atoms with E-state index in [1.54, 1.807) is 31.6 Å². The summed E-state index contributed by atoms with van der Waals surface area (Å²) in [6.45, 7) is 0. The summed E-state index contributed by atoms with van der Waals surface area (Å²) in [4.78, 5) is 5.12. The summed E-state index contributed by atoms with van der Waals surface area (Å²) in [7, 11) is 1.57. The quantitative estimate of drug-likeness (QED) is 0.423. The van der Waals surface area contributed by atoms with Crippen molar-refractivity contribution in [3.63, 3.8) is 0 Å². The first-order valence-electron chi connectivity index (χ1n) is 3.69. The molecule has 0 amide bonds. The van der Waals surface area contributed by atoms with Crippen LogP contribution in [-0.2, 0) is 0 Å². The summed E-state index contributed by atoms with van der Waals surface area (Å²) in [5.41, 5.74) is 5.91. The zero-order valence-electron chi connectivity index (χ0n) is 7.28. The normalized spacial score (nSPS) is 9.31. The summed E-state index contributed by atoms with van der Waals surface area (Å²) in [5.74, 6) is 0.0386. The van der Waals surface area contributed by atoms with E-state index in [9.17, 15) is 0 Å². The van der Waals surface area contributed by atoms with Gasteiger partial charge in [-0.3, -0.25) is 15.8 Å². The van der Waals surface area contributed by atoms with Crippen LogP contribution in [0, 0.1) is 10.8 Å². The highest BCUT2D eigenvalue weighted by atomic mass is 15.2. The van der Waals surface area contributed by atoms with E-state index in [-0.39, 0.29) is 11.8 Å². The molecule has 1 aromatic rings. The molecule has 0 spiro atoms. The molecule has 0 bridgehead atoms. The third-order valence-electron chi connectivity index (χ3n) is 1.65. The standard InChI is InChI=1S/C8H11N5/c1-13(8(10)11)7(9)6-2-4-12-5-3-6/h2-5,9H,1H3,(H3,10,11). The lowest BCUT2D eigenvalue weighted by Crippen LogP contribution is -2.37. The van der Waals surface area contributed by atoms with E-state index in [4.69, 9.17) is 16.6 Å². The SMILES string of the molecule is CN(C(=N)N)C(=N)c1ccncc1. The maximum absolute atomic E-state index is 7.64. The third kappa shape index (κ3) is 2.02. The Balaban J connectivity index is 2.86. The number of amidine groups is 1. The Morgan fingerprint density at radius 2 is 1.92 bits per heavy atom. The molecule has 0 aliphatic carbocycles. The number of hydrogen-bond donors (Lipinski definition) is 3. The highest BCUT2D eigenvalue weighted by Gasteiger charge is 2.08. The first-order valence-corrected chi connectivity index (χ1v) is 3.69. The van der Waals surface area contributed by atoms with Gasteiger partial charge in [-0.2, -0.15) is 0 Å². The van der Waals surface area contributed by atoms with Gasteiger partial charge in [0.25, 0.3) is 0 Å². The molecule has 0 radical (unpaired) electrons. The molecule has 0 aliphatic heterocycles. The lowest BCUT2D eigenvalue weighted by atomic mass is 10.2. The zero-order chi connectivity index (χ0) is 9.84. The molecule has 0 saturated carbocycles. The number of nitrogens with two attached hydrogens (primary N) is 1. The van der Waals surface area contributed by atoms with Gasteiger partial charge in [0, 0.05) is 25.0 Å². The molecule has 5 heteroatoms. The van der Waals surface area contributed by atoms with E-state index in [1.165, 1.54) is 4.90 Å². The van der Waals surface area contributed by atoms with Gasteiger partial charge in [0.05, 0.1) is 0 Å². The first-order chi connectivity index (χ1) is 6.13. The van der Waals surface area contributed by atoms with Gasteiger partial charge in [0.1, 0.15) is 5.84 Å². The van der Waals surface area contributed by atoms with Gasteiger partial charge in [-0.25, -0.2) is 0 Å². The van der Waals surface area contributed by atoms with Crippen molar-refractivity contribution in [2.75, 3.05) is 7.05 Å². The molecule has 1 aromatic heterocycles. The number of guanidine groups is 1. The summed E-state index contributed by atoms with van der Waals surface area (Å²) in [5, 5.41) is 14.8. The second-order valence-electron chi connectivity index (χ2n) is 2.53. The molecule has 5 nitrogen and oxygen atoms in total. The van der Waals surface area contributed by atoms with Crippen molar-refractivity contribution in [2.24, 2.45) is 5.73 Å². The van der Waals surface area contributed by atoms with Crippen LogP contribution in [0.3, 0.4) is 0 Å². The zero-order valence-corrected chi connectivity index (χ0v) is 7.28. The predicted molar refractivity (Wildman–Crippen MR) is 50.7 cm³/mol. The Labute approximate surface area is 76.2 Å². The van der Waals surface area contributed by atoms with Gasteiger partial charge in [0.2, 0.25) is 0 Å². The molecule has 1 heterocycles. The van der Waals surface area contributed by atoms with Gasteiger partial charge in [0.15, 0.2) is 5.96 Å². The summed E-state index contributed by atoms with van der Waals surface area (Å²) in [6.07, 6.45) is 3.19. The number of nitrogens with zero attached hydrogens (tertiary/aromatic N) is 2. The molecule has 0 saturated heterocycles. The fourth-order valence-electron chi connectivity index (χ4n) is 0.824. The molecule has 68 valence electrons. The van der Waals surface area contributed by atoms with Crippen LogP contribution in [0.5, 0.6) is 0 Å². The van der Waals surface area contributed by atoms with Crippen molar-refractivity contribution in [1.29, 1.82) is 10.8 Å². The average molecular weight is 177 g/mol. The second kappa shape index (κ2) is 3.66. The smallest absolute Gasteiger partial charge is 0.193 e. The molecule has 13 heavy (non-hydrogen) atoms. The summed E-state index contributed by atoms with van der Waals surface area (Å²) >= 11 is 0. The summed E-state index contributed by atoms with van der Waals surface area (Å²) < 4.78 is 0. The minimum absolute atomic E-state index is 0.151. The molecule has 0 unspecified atom stereocenters. The average Bonchev–Trinajstić information content (AvgIpc) is 2.17. The monoisotopic (exact) mass is 177 g/mol. The Kier molecular flexibility index (Phi) is 2.59. The van der Waals surface area contributed by atoms with Crippen molar-refractivity contribution < 1.29 is 0 Å². The second-order valence-corrected chi connectivity index (χ2v) is 2.53. The minimum Gasteiger partial charge on any atom is -0.370 e. The van der Waals surface area contributed by atoms with Crippen molar-refractivity contribution in [3.8, 4) is 0 Å². The molecule has 4 N–H and O–H groups in total. The Morgan fingerprint density at radius 3 is 2.38 bits per heavy atom. The Morgan fingerprint density at radius 1 is 1.38 bits per heavy atom. The van der Waals surface area contributed by atoms with Crippen LogP contribution in [-0.4, -0.2) is 28.7 Å². The Hall–Kier alpha value is -1.91. The number of pyridine rings is 1. The molecule has 0 fully saturated rings. The molecule has 0 aliphatic rings. The van der Waals surface area contributed by atoms with Gasteiger partial charge < -0.3 is 10.6 Å². The van der Waals surface area contributed by atoms with Gasteiger partial charge in [-0.05, 0) is 12.1 Å². The number of nitrogens with one attached hydrogen (secondary N) is 2. The maximum Gasteiger partial charge on any atom is 0.193 e. The lowest BCUT2D eigenvalue weighted by molar-refractivity contribution is 0.728. The summed E-state index contributed by atoms with van der Waals surface area (Å²) in [6, 6.07) is 3.39. The molecule has 0 aromatic carbocycles. The van der Waals surface area contributed by atoms with Crippen molar-refractivity contribution in [1.82, 2.24) is 9.88 Å². The van der Waals surface area contributed by atoms with Crippen LogP contribution in [0.2, 0.25) is 0 Å². The van der Waals surface area contributed by atoms with E-state index in [2.05, 4.69) is 4.98 Å². The van der Waals surface area contributed by atoms with E-state index >= 15 is 0 Å². The first kappa shape index (κ1) is 9.18. The van der Waals surface area contributed by atoms with Crippen LogP contribution in [0.4, 0.5) is 0 Å². The molecular weight excluding hydrogens is 166 g/mol. The third-order valence-corrected chi connectivity index (χ3v) is 1.65. The van der Waals surface area contributed by atoms with Crippen molar-refractivity contribution in [3.05, 3.63) is 30.1 Å². The number of hydrogen-bond acceptors (Lipinski definition) is 3. The van der Waals surface area contributed by atoms with Gasteiger partial charge in [-0.15, -0.1) is 0 Å². The van der Waals surface area contributed by atoms with Crippen LogP contribution < -0.4 is 5.73 Å². The molecular formula is C8H11N5. The molecule has 0 atom stereocenters. The largest absolute Gasteiger partial charge is 0.370 e. The van der Waals surface area contributed by atoms with Crippen LogP contribution in [0.1, 0.15) is 5.56 Å². The predicted octanol–water partition coefficient (Wildman–Crippen LogP) is 0.232. The van der Waals surface area contributed by atoms with Gasteiger partial charge in [-0.1, -0.05) is 0 Å². The van der Waals surface area contributed by atoms with E-state index in [0.717, 1.165) is 0 Å². The minimum atomic E-state index is -0.151.